The Morgan fingerprint density at radius 1 is 1.47 bits per heavy atom. The fraction of sp³-hybridized carbons (Fsp3) is 0.273. The number of anilines is 2. The maximum Gasteiger partial charge on any atom is 0.244 e. The molecule has 17 heavy (non-hydrogen) atoms. The molecule has 90 valence electrons. The lowest BCUT2D eigenvalue weighted by Crippen LogP contribution is -2.03. The summed E-state index contributed by atoms with van der Waals surface area (Å²) in [6.07, 6.45) is 0. The minimum atomic E-state index is 0.342. The van der Waals surface area contributed by atoms with Gasteiger partial charge in [-0.15, -0.1) is 5.10 Å². The number of nitrogens with one attached hydrogen (secondary N) is 1. The number of rotatable bonds is 4. The fourth-order valence-corrected chi connectivity index (χ4v) is 1.49. The number of nitrogen functional groups attached to an aromatic ring is 1. The van der Waals surface area contributed by atoms with Crippen molar-refractivity contribution in [1.29, 1.82) is 0 Å². The molecule has 1 aromatic heterocycles. The first kappa shape index (κ1) is 11.3. The average Bonchev–Trinajstić information content (AvgIpc) is 2.71. The number of hydrogen-bond acceptors (Lipinski definition) is 5. The maximum absolute atomic E-state index is 5.80. The third-order valence-electron chi connectivity index (χ3n) is 2.26. The molecule has 0 aliphatic heterocycles. The highest BCUT2D eigenvalue weighted by atomic mass is 16.5. The van der Waals surface area contributed by atoms with Crippen molar-refractivity contribution in [3.63, 3.8) is 0 Å². The molecule has 0 atom stereocenters. The second-order valence-electron chi connectivity index (χ2n) is 3.44. The van der Waals surface area contributed by atoms with Gasteiger partial charge in [-0.05, 0) is 19.1 Å². The highest BCUT2D eigenvalue weighted by Gasteiger charge is 2.08. The standard InChI is InChI=1S/C11H15N5O/c1-3-13-11-14-10(12)16(15-11)8-5-4-6-9(7-8)17-2/h4-7H,3H2,1-2H3,(H3,12,13,14,15). The number of ether oxygens (including phenoxy) is 1. The third-order valence-corrected chi connectivity index (χ3v) is 2.26. The lowest BCUT2D eigenvalue weighted by Gasteiger charge is -2.04. The number of hydrogen-bond donors (Lipinski definition) is 2. The van der Waals surface area contributed by atoms with E-state index in [1.807, 2.05) is 31.2 Å². The van der Waals surface area contributed by atoms with Crippen LogP contribution in [-0.4, -0.2) is 28.4 Å². The van der Waals surface area contributed by atoms with E-state index in [1.54, 1.807) is 11.8 Å². The van der Waals surface area contributed by atoms with Crippen LogP contribution in [0.4, 0.5) is 11.9 Å². The van der Waals surface area contributed by atoms with Gasteiger partial charge in [0, 0.05) is 12.6 Å². The zero-order valence-corrected chi connectivity index (χ0v) is 9.84. The number of nitrogens with zero attached hydrogens (tertiary/aromatic N) is 3. The van der Waals surface area contributed by atoms with Crippen LogP contribution in [0.3, 0.4) is 0 Å². The normalized spacial score (nSPS) is 10.2. The van der Waals surface area contributed by atoms with Crippen molar-refractivity contribution >= 4 is 11.9 Å². The summed E-state index contributed by atoms with van der Waals surface area (Å²) in [5.41, 5.74) is 6.62. The van der Waals surface area contributed by atoms with Crippen molar-refractivity contribution in [3.8, 4) is 11.4 Å². The van der Waals surface area contributed by atoms with E-state index < -0.39 is 0 Å². The number of benzene rings is 1. The molecule has 1 heterocycles. The Balaban J connectivity index is 2.37. The van der Waals surface area contributed by atoms with Gasteiger partial charge < -0.3 is 15.8 Å². The average molecular weight is 233 g/mol. The Hall–Kier alpha value is -2.24. The van der Waals surface area contributed by atoms with Crippen molar-refractivity contribution in [1.82, 2.24) is 14.8 Å². The molecular formula is C11H15N5O. The summed E-state index contributed by atoms with van der Waals surface area (Å²) in [6, 6.07) is 7.48. The van der Waals surface area contributed by atoms with Crippen LogP contribution >= 0.6 is 0 Å². The van der Waals surface area contributed by atoms with Crippen molar-refractivity contribution in [2.75, 3.05) is 24.7 Å². The van der Waals surface area contributed by atoms with E-state index in [2.05, 4.69) is 15.4 Å². The smallest absolute Gasteiger partial charge is 0.244 e. The quantitative estimate of drug-likeness (QED) is 0.832. The van der Waals surface area contributed by atoms with Gasteiger partial charge in [-0.2, -0.15) is 9.67 Å². The van der Waals surface area contributed by atoms with Crippen LogP contribution in [0.15, 0.2) is 24.3 Å². The fourth-order valence-electron chi connectivity index (χ4n) is 1.49. The third kappa shape index (κ3) is 2.30. The van der Waals surface area contributed by atoms with Crippen LogP contribution in [0.25, 0.3) is 5.69 Å². The largest absolute Gasteiger partial charge is 0.497 e. The predicted octanol–water partition coefficient (Wildman–Crippen LogP) is 1.29. The second-order valence-corrected chi connectivity index (χ2v) is 3.44. The van der Waals surface area contributed by atoms with Crippen LogP contribution in [0.2, 0.25) is 0 Å². The van der Waals surface area contributed by atoms with Gasteiger partial charge in [0.25, 0.3) is 0 Å². The molecule has 0 unspecified atom stereocenters. The molecule has 2 aromatic rings. The lowest BCUT2D eigenvalue weighted by atomic mass is 10.3. The van der Waals surface area contributed by atoms with Crippen LogP contribution < -0.4 is 15.8 Å². The van der Waals surface area contributed by atoms with Gasteiger partial charge in [0.1, 0.15) is 5.75 Å². The van der Waals surface area contributed by atoms with Crippen LogP contribution in [0, 0.1) is 0 Å². The zero-order valence-electron chi connectivity index (χ0n) is 9.84. The van der Waals surface area contributed by atoms with Crippen LogP contribution in [-0.2, 0) is 0 Å². The molecule has 3 N–H and O–H groups in total. The van der Waals surface area contributed by atoms with Gasteiger partial charge >= 0.3 is 0 Å². The molecule has 0 amide bonds. The monoisotopic (exact) mass is 233 g/mol. The molecule has 6 nitrogen and oxygen atoms in total. The highest BCUT2D eigenvalue weighted by molar-refractivity contribution is 5.45. The second kappa shape index (κ2) is 4.73. The van der Waals surface area contributed by atoms with E-state index in [0.717, 1.165) is 18.0 Å². The summed E-state index contributed by atoms with van der Waals surface area (Å²) in [5.74, 6) is 1.62. The summed E-state index contributed by atoms with van der Waals surface area (Å²) in [5, 5.41) is 7.27. The Morgan fingerprint density at radius 3 is 3.00 bits per heavy atom. The number of nitrogens with two attached hydrogens (primary N) is 1. The van der Waals surface area contributed by atoms with Crippen molar-refractivity contribution < 1.29 is 4.74 Å². The van der Waals surface area contributed by atoms with E-state index >= 15 is 0 Å². The van der Waals surface area contributed by atoms with E-state index in [-0.39, 0.29) is 0 Å². The van der Waals surface area contributed by atoms with E-state index in [1.165, 1.54) is 0 Å². The molecule has 1 aromatic carbocycles. The van der Waals surface area contributed by atoms with Gasteiger partial charge in [-0.25, -0.2) is 0 Å². The predicted molar refractivity (Wildman–Crippen MR) is 66.5 cm³/mol. The number of methoxy groups -OCH3 is 1. The highest BCUT2D eigenvalue weighted by Crippen LogP contribution is 2.18. The Bertz CT molecular complexity index is 508. The van der Waals surface area contributed by atoms with Gasteiger partial charge in [0.15, 0.2) is 0 Å². The topological polar surface area (TPSA) is 78.0 Å². The summed E-state index contributed by atoms with van der Waals surface area (Å²) in [4.78, 5) is 4.11. The Labute approximate surface area is 99.4 Å². The van der Waals surface area contributed by atoms with Gasteiger partial charge in [-0.3, -0.25) is 0 Å². The summed E-state index contributed by atoms with van der Waals surface area (Å²) in [6.45, 7) is 2.73. The molecule has 0 saturated carbocycles. The van der Waals surface area contributed by atoms with Gasteiger partial charge in [0.2, 0.25) is 11.9 Å². The summed E-state index contributed by atoms with van der Waals surface area (Å²) >= 11 is 0. The minimum absolute atomic E-state index is 0.342. The first-order valence-corrected chi connectivity index (χ1v) is 5.35. The zero-order chi connectivity index (χ0) is 12.3. The lowest BCUT2D eigenvalue weighted by molar-refractivity contribution is 0.414. The molecule has 0 aliphatic carbocycles. The molecule has 0 saturated heterocycles. The molecule has 6 heteroatoms. The van der Waals surface area contributed by atoms with E-state index in [4.69, 9.17) is 10.5 Å². The molecule has 0 radical (unpaired) electrons. The van der Waals surface area contributed by atoms with E-state index in [9.17, 15) is 0 Å². The van der Waals surface area contributed by atoms with Crippen LogP contribution in [0.5, 0.6) is 5.75 Å². The number of aromatic nitrogens is 3. The van der Waals surface area contributed by atoms with Gasteiger partial charge in [-0.1, -0.05) is 6.07 Å². The molecule has 0 fully saturated rings. The Morgan fingerprint density at radius 2 is 2.29 bits per heavy atom. The maximum atomic E-state index is 5.80. The SMILES string of the molecule is CCNc1nc(N)n(-c2cccc(OC)c2)n1. The molecule has 2 rings (SSSR count). The first-order valence-electron chi connectivity index (χ1n) is 5.35. The van der Waals surface area contributed by atoms with Crippen molar-refractivity contribution in [2.45, 2.75) is 6.92 Å². The molecule has 0 aliphatic rings. The van der Waals surface area contributed by atoms with Gasteiger partial charge in [0.05, 0.1) is 12.8 Å². The molecular weight excluding hydrogens is 218 g/mol. The van der Waals surface area contributed by atoms with Crippen molar-refractivity contribution in [2.24, 2.45) is 0 Å². The summed E-state index contributed by atoms with van der Waals surface area (Å²) in [7, 11) is 1.62. The van der Waals surface area contributed by atoms with Crippen LogP contribution in [0.1, 0.15) is 6.92 Å². The minimum Gasteiger partial charge on any atom is -0.497 e. The Kier molecular flexibility index (Phi) is 3.13. The molecule has 0 bridgehead atoms. The molecule has 0 spiro atoms. The van der Waals surface area contributed by atoms with Crippen molar-refractivity contribution in [3.05, 3.63) is 24.3 Å². The first-order chi connectivity index (χ1) is 8.24. The van der Waals surface area contributed by atoms with E-state index in [0.29, 0.717) is 11.9 Å². The summed E-state index contributed by atoms with van der Waals surface area (Å²) < 4.78 is 6.72.